The summed E-state index contributed by atoms with van der Waals surface area (Å²) in [4.78, 5) is 0. The summed E-state index contributed by atoms with van der Waals surface area (Å²) in [7, 11) is 0. The predicted octanol–water partition coefficient (Wildman–Crippen LogP) is 4.75. The van der Waals surface area contributed by atoms with Crippen LogP contribution in [0.2, 0.25) is 0 Å². The Morgan fingerprint density at radius 3 is 2.67 bits per heavy atom. The van der Waals surface area contributed by atoms with E-state index in [1.807, 2.05) is 0 Å². The van der Waals surface area contributed by atoms with Crippen LogP contribution in [0.5, 0.6) is 0 Å². The maximum absolute atomic E-state index is 3.71. The molecule has 100 valence electrons. The lowest BCUT2D eigenvalue weighted by Crippen LogP contribution is -2.27. The Bertz CT molecular complexity index is 395. The molecule has 1 aliphatic rings. The summed E-state index contributed by atoms with van der Waals surface area (Å²) in [5, 5.41) is 3.71. The van der Waals surface area contributed by atoms with Gasteiger partial charge in [-0.1, -0.05) is 45.9 Å². The average molecular weight is 245 g/mol. The first-order chi connectivity index (χ1) is 8.63. The molecule has 0 fully saturated rings. The van der Waals surface area contributed by atoms with Gasteiger partial charge < -0.3 is 5.32 Å². The number of hydrogen-bond acceptors (Lipinski definition) is 1. The zero-order chi connectivity index (χ0) is 13.1. The van der Waals surface area contributed by atoms with Crippen molar-refractivity contribution in [2.45, 2.75) is 64.8 Å². The van der Waals surface area contributed by atoms with Crippen LogP contribution in [-0.4, -0.2) is 6.54 Å². The molecule has 1 aromatic rings. The maximum atomic E-state index is 3.71. The Labute approximate surface area is 112 Å². The molecule has 0 aliphatic heterocycles. The van der Waals surface area contributed by atoms with E-state index in [2.05, 4.69) is 51.2 Å². The number of hydrogen-bond donors (Lipinski definition) is 1. The fourth-order valence-electron chi connectivity index (χ4n) is 2.96. The second-order valence-corrected chi connectivity index (χ2v) is 6.03. The Morgan fingerprint density at radius 1 is 1.22 bits per heavy atom. The zero-order valence-electron chi connectivity index (χ0n) is 12.3. The first-order valence-electron chi connectivity index (χ1n) is 7.50. The van der Waals surface area contributed by atoms with Crippen LogP contribution in [0.25, 0.3) is 0 Å². The third-order valence-electron chi connectivity index (χ3n) is 4.21. The van der Waals surface area contributed by atoms with Crippen LogP contribution in [0.1, 0.15) is 81.5 Å². The topological polar surface area (TPSA) is 12.0 Å². The maximum Gasteiger partial charge on any atom is 0.0323 e. The predicted molar refractivity (Wildman–Crippen MR) is 79.2 cm³/mol. The highest BCUT2D eigenvalue weighted by Crippen LogP contribution is 2.38. The number of nitrogens with one attached hydrogen (secondary N) is 1. The molecule has 18 heavy (non-hydrogen) atoms. The molecule has 2 atom stereocenters. The highest BCUT2D eigenvalue weighted by molar-refractivity contribution is 5.39. The first kappa shape index (κ1) is 13.6. The van der Waals surface area contributed by atoms with Crippen molar-refractivity contribution in [3.8, 4) is 0 Å². The lowest BCUT2D eigenvalue weighted by molar-refractivity contribution is 0.432. The lowest BCUT2D eigenvalue weighted by atomic mass is 9.79. The van der Waals surface area contributed by atoms with Gasteiger partial charge in [-0.2, -0.15) is 0 Å². The standard InChI is InChI=1S/C17H27N/c1-5-10-18-17-9-6-13(4)15-8-7-14(12(2)3)11-16(15)17/h7-8,11-13,17-18H,5-6,9-10H2,1-4H3. The van der Waals surface area contributed by atoms with Gasteiger partial charge in [0.2, 0.25) is 0 Å². The number of rotatable bonds is 4. The molecule has 0 heterocycles. The minimum atomic E-state index is 0.579. The fraction of sp³-hybridized carbons (Fsp3) is 0.647. The minimum Gasteiger partial charge on any atom is -0.310 e. The third kappa shape index (κ3) is 2.77. The highest BCUT2D eigenvalue weighted by atomic mass is 14.9. The van der Waals surface area contributed by atoms with Gasteiger partial charge in [-0.15, -0.1) is 0 Å². The monoisotopic (exact) mass is 245 g/mol. The van der Waals surface area contributed by atoms with Crippen LogP contribution in [0.3, 0.4) is 0 Å². The van der Waals surface area contributed by atoms with Crippen LogP contribution in [-0.2, 0) is 0 Å². The lowest BCUT2D eigenvalue weighted by Gasteiger charge is -2.31. The van der Waals surface area contributed by atoms with Crippen LogP contribution < -0.4 is 5.32 Å². The molecule has 0 bridgehead atoms. The van der Waals surface area contributed by atoms with Crippen molar-refractivity contribution in [2.24, 2.45) is 0 Å². The molecule has 1 aliphatic carbocycles. The highest BCUT2D eigenvalue weighted by Gasteiger charge is 2.24. The molecule has 2 rings (SSSR count). The summed E-state index contributed by atoms with van der Waals surface area (Å²) >= 11 is 0. The fourth-order valence-corrected chi connectivity index (χ4v) is 2.96. The van der Waals surface area contributed by atoms with Crippen LogP contribution in [0, 0.1) is 0 Å². The second kappa shape index (κ2) is 5.88. The van der Waals surface area contributed by atoms with Gasteiger partial charge in [-0.05, 0) is 54.3 Å². The largest absolute Gasteiger partial charge is 0.310 e. The molecular formula is C17H27N. The Balaban J connectivity index is 2.31. The summed E-state index contributed by atoms with van der Waals surface area (Å²) in [5.41, 5.74) is 4.61. The van der Waals surface area contributed by atoms with Crippen molar-refractivity contribution >= 4 is 0 Å². The van der Waals surface area contributed by atoms with Gasteiger partial charge in [-0.25, -0.2) is 0 Å². The van der Waals surface area contributed by atoms with E-state index in [9.17, 15) is 0 Å². The van der Waals surface area contributed by atoms with Crippen molar-refractivity contribution in [2.75, 3.05) is 6.54 Å². The molecule has 1 aromatic carbocycles. The number of fused-ring (bicyclic) bond motifs is 1. The SMILES string of the molecule is CCCNC1CCC(C)c2ccc(C(C)C)cc21. The smallest absolute Gasteiger partial charge is 0.0323 e. The average Bonchev–Trinajstić information content (AvgIpc) is 2.37. The molecule has 0 spiro atoms. The Hall–Kier alpha value is -0.820. The van der Waals surface area contributed by atoms with Crippen LogP contribution in [0.15, 0.2) is 18.2 Å². The summed E-state index contributed by atoms with van der Waals surface area (Å²) in [6, 6.07) is 7.72. The minimum absolute atomic E-state index is 0.579. The van der Waals surface area contributed by atoms with Gasteiger partial charge >= 0.3 is 0 Å². The van der Waals surface area contributed by atoms with Crippen LogP contribution >= 0.6 is 0 Å². The van der Waals surface area contributed by atoms with Gasteiger partial charge in [0.1, 0.15) is 0 Å². The summed E-state index contributed by atoms with van der Waals surface area (Å²) < 4.78 is 0. The van der Waals surface area contributed by atoms with Gasteiger partial charge in [0.05, 0.1) is 0 Å². The van der Waals surface area contributed by atoms with E-state index in [-0.39, 0.29) is 0 Å². The van der Waals surface area contributed by atoms with Crippen molar-refractivity contribution in [1.29, 1.82) is 0 Å². The molecule has 1 heteroatoms. The van der Waals surface area contributed by atoms with Gasteiger partial charge in [0, 0.05) is 6.04 Å². The summed E-state index contributed by atoms with van der Waals surface area (Å²) in [6.07, 6.45) is 3.82. The third-order valence-corrected chi connectivity index (χ3v) is 4.21. The van der Waals surface area contributed by atoms with E-state index in [1.54, 1.807) is 11.1 Å². The van der Waals surface area contributed by atoms with E-state index in [1.165, 1.54) is 24.8 Å². The Kier molecular flexibility index (Phi) is 4.45. The molecule has 0 radical (unpaired) electrons. The normalized spacial score (nSPS) is 23.2. The first-order valence-corrected chi connectivity index (χ1v) is 7.50. The number of benzene rings is 1. The van der Waals surface area contributed by atoms with E-state index >= 15 is 0 Å². The zero-order valence-corrected chi connectivity index (χ0v) is 12.3. The Morgan fingerprint density at radius 2 is 2.00 bits per heavy atom. The molecule has 0 saturated heterocycles. The summed E-state index contributed by atoms with van der Waals surface area (Å²) in [6.45, 7) is 10.3. The molecule has 1 N–H and O–H groups in total. The van der Waals surface area contributed by atoms with Crippen molar-refractivity contribution in [3.63, 3.8) is 0 Å². The van der Waals surface area contributed by atoms with Crippen molar-refractivity contribution < 1.29 is 0 Å². The van der Waals surface area contributed by atoms with E-state index in [4.69, 9.17) is 0 Å². The van der Waals surface area contributed by atoms with E-state index in [0.717, 1.165) is 12.5 Å². The van der Waals surface area contributed by atoms with Crippen molar-refractivity contribution in [1.82, 2.24) is 5.32 Å². The molecule has 0 amide bonds. The molecule has 0 saturated carbocycles. The quantitative estimate of drug-likeness (QED) is 0.807. The van der Waals surface area contributed by atoms with Crippen molar-refractivity contribution in [3.05, 3.63) is 34.9 Å². The molecule has 0 aromatic heterocycles. The van der Waals surface area contributed by atoms with E-state index in [0.29, 0.717) is 12.0 Å². The molecular weight excluding hydrogens is 218 g/mol. The van der Waals surface area contributed by atoms with E-state index < -0.39 is 0 Å². The molecule has 1 nitrogen and oxygen atoms in total. The van der Waals surface area contributed by atoms with Crippen LogP contribution in [0.4, 0.5) is 0 Å². The van der Waals surface area contributed by atoms with Gasteiger partial charge in [-0.3, -0.25) is 0 Å². The second-order valence-electron chi connectivity index (χ2n) is 6.03. The molecule has 2 unspecified atom stereocenters. The summed E-state index contributed by atoms with van der Waals surface area (Å²) in [5.74, 6) is 1.35. The van der Waals surface area contributed by atoms with Gasteiger partial charge in [0.15, 0.2) is 0 Å². The van der Waals surface area contributed by atoms with Gasteiger partial charge in [0.25, 0.3) is 0 Å².